The van der Waals surface area contributed by atoms with Crippen molar-refractivity contribution in [3.05, 3.63) is 39.8 Å². The summed E-state index contributed by atoms with van der Waals surface area (Å²) >= 11 is 1.36. The second-order valence-corrected chi connectivity index (χ2v) is 7.58. The minimum atomic E-state index is -0.705. The first-order valence-electron chi connectivity index (χ1n) is 9.49. The first kappa shape index (κ1) is 21.6. The number of rotatable bonds is 8. The van der Waals surface area contributed by atoms with Gasteiger partial charge in [-0.05, 0) is 43.9 Å². The fourth-order valence-electron chi connectivity index (χ4n) is 3.25. The van der Waals surface area contributed by atoms with Gasteiger partial charge in [-0.3, -0.25) is 4.79 Å². The molecule has 30 heavy (non-hydrogen) atoms. The third kappa shape index (κ3) is 4.56. The molecule has 2 aromatic rings. The molecular formula is C21H23NO7S. The first-order valence-corrected chi connectivity index (χ1v) is 10.3. The number of benzene rings is 1. The number of fused-ring (bicyclic) bond motifs is 1. The van der Waals surface area contributed by atoms with Crippen molar-refractivity contribution in [3.63, 3.8) is 0 Å². The number of hydrogen-bond donors (Lipinski definition) is 1. The zero-order valence-electron chi connectivity index (χ0n) is 17.0. The highest BCUT2D eigenvalue weighted by molar-refractivity contribution is 7.17. The molecule has 0 fully saturated rings. The molecule has 0 bridgehead atoms. The van der Waals surface area contributed by atoms with Gasteiger partial charge in [-0.25, -0.2) is 9.59 Å². The molecule has 1 aromatic carbocycles. The topological polar surface area (TPSA) is 100 Å². The van der Waals surface area contributed by atoms with Crippen molar-refractivity contribution < 1.29 is 33.3 Å². The lowest BCUT2D eigenvalue weighted by atomic mass is 10.1. The van der Waals surface area contributed by atoms with Gasteiger partial charge in [0, 0.05) is 10.9 Å². The van der Waals surface area contributed by atoms with Crippen LogP contribution in [0.5, 0.6) is 11.5 Å². The summed E-state index contributed by atoms with van der Waals surface area (Å²) in [5, 5.41) is 3.11. The Bertz CT molecular complexity index is 967. The predicted octanol–water partition coefficient (Wildman–Crippen LogP) is 3.23. The Hall–Kier alpha value is -3.07. The normalized spacial score (nSPS) is 12.1. The minimum absolute atomic E-state index is 0.174. The van der Waals surface area contributed by atoms with Crippen LogP contribution in [-0.4, -0.2) is 45.3 Å². The monoisotopic (exact) mass is 433 g/mol. The quantitative estimate of drug-likeness (QED) is 0.638. The summed E-state index contributed by atoms with van der Waals surface area (Å²) in [7, 11) is 2.92. The van der Waals surface area contributed by atoms with E-state index in [1.165, 1.54) is 31.6 Å². The van der Waals surface area contributed by atoms with Gasteiger partial charge in [0.1, 0.15) is 22.1 Å². The summed E-state index contributed by atoms with van der Waals surface area (Å²) < 4.78 is 20.5. The van der Waals surface area contributed by atoms with E-state index in [0.717, 1.165) is 29.7 Å². The number of hydrogen-bond acceptors (Lipinski definition) is 8. The van der Waals surface area contributed by atoms with E-state index in [-0.39, 0.29) is 17.9 Å². The van der Waals surface area contributed by atoms with E-state index >= 15 is 0 Å². The van der Waals surface area contributed by atoms with Gasteiger partial charge in [0.05, 0.1) is 26.4 Å². The van der Waals surface area contributed by atoms with Crippen molar-refractivity contribution in [2.24, 2.45) is 0 Å². The fraction of sp³-hybridized carbons (Fsp3) is 0.381. The number of methoxy groups -OCH3 is 2. The Morgan fingerprint density at radius 1 is 1.07 bits per heavy atom. The van der Waals surface area contributed by atoms with E-state index in [1.807, 2.05) is 0 Å². The highest BCUT2D eigenvalue weighted by Crippen LogP contribution is 2.39. The third-order valence-corrected chi connectivity index (χ3v) is 5.82. The van der Waals surface area contributed by atoms with Crippen molar-refractivity contribution in [2.75, 3.05) is 32.8 Å². The molecule has 0 saturated carbocycles. The second kappa shape index (κ2) is 9.62. The highest BCUT2D eigenvalue weighted by atomic mass is 32.1. The van der Waals surface area contributed by atoms with Crippen LogP contribution in [0.3, 0.4) is 0 Å². The van der Waals surface area contributed by atoms with E-state index in [4.69, 9.17) is 18.9 Å². The van der Waals surface area contributed by atoms with Gasteiger partial charge in [-0.1, -0.05) is 0 Å². The largest absolute Gasteiger partial charge is 0.497 e. The Balaban J connectivity index is 1.67. The van der Waals surface area contributed by atoms with Crippen LogP contribution in [0.2, 0.25) is 0 Å². The number of carbonyl (C=O) groups excluding carboxylic acids is 3. The van der Waals surface area contributed by atoms with E-state index in [0.29, 0.717) is 16.3 Å². The number of carbonyl (C=O) groups is 3. The Labute approximate surface area is 178 Å². The number of anilines is 1. The zero-order valence-corrected chi connectivity index (χ0v) is 17.9. The number of amides is 1. The Morgan fingerprint density at radius 3 is 2.57 bits per heavy atom. The average molecular weight is 433 g/mol. The van der Waals surface area contributed by atoms with E-state index in [2.05, 4.69) is 5.32 Å². The van der Waals surface area contributed by atoms with Crippen LogP contribution in [0.25, 0.3) is 0 Å². The number of aryl methyl sites for hydroxylation is 1. The summed E-state index contributed by atoms with van der Waals surface area (Å²) in [4.78, 5) is 38.2. The molecule has 160 valence electrons. The lowest BCUT2D eigenvalue weighted by Crippen LogP contribution is -2.22. The molecule has 1 aliphatic rings. The highest BCUT2D eigenvalue weighted by Gasteiger charge is 2.28. The Kier molecular flexibility index (Phi) is 6.94. The molecule has 1 aliphatic carbocycles. The minimum Gasteiger partial charge on any atom is -0.497 e. The van der Waals surface area contributed by atoms with Crippen LogP contribution in [0.15, 0.2) is 18.2 Å². The van der Waals surface area contributed by atoms with Crippen molar-refractivity contribution in [1.82, 2.24) is 0 Å². The van der Waals surface area contributed by atoms with Crippen molar-refractivity contribution >= 4 is 34.2 Å². The van der Waals surface area contributed by atoms with Crippen LogP contribution in [-0.2, 0) is 27.1 Å². The van der Waals surface area contributed by atoms with Crippen LogP contribution in [0.4, 0.5) is 5.00 Å². The molecule has 1 amide bonds. The molecule has 0 aliphatic heterocycles. The first-order chi connectivity index (χ1) is 14.5. The van der Waals surface area contributed by atoms with Crippen LogP contribution < -0.4 is 14.8 Å². The van der Waals surface area contributed by atoms with E-state index in [9.17, 15) is 14.4 Å². The molecular weight excluding hydrogens is 410 g/mol. The summed E-state index contributed by atoms with van der Waals surface area (Å²) in [6.45, 7) is 1.48. The summed E-state index contributed by atoms with van der Waals surface area (Å²) in [6, 6.07) is 4.65. The van der Waals surface area contributed by atoms with Crippen molar-refractivity contribution in [3.8, 4) is 11.5 Å². The molecule has 0 unspecified atom stereocenters. The molecule has 9 heteroatoms. The van der Waals surface area contributed by atoms with Gasteiger partial charge in [0.25, 0.3) is 5.91 Å². The number of ether oxygens (including phenoxy) is 4. The van der Waals surface area contributed by atoms with Gasteiger partial charge in [0.15, 0.2) is 6.61 Å². The maximum atomic E-state index is 12.4. The average Bonchev–Trinajstić information content (AvgIpc) is 3.32. The second-order valence-electron chi connectivity index (χ2n) is 6.47. The van der Waals surface area contributed by atoms with Gasteiger partial charge in [-0.15, -0.1) is 11.3 Å². The van der Waals surface area contributed by atoms with Crippen LogP contribution in [0.1, 0.15) is 44.5 Å². The zero-order chi connectivity index (χ0) is 21.7. The maximum absolute atomic E-state index is 12.4. The van der Waals surface area contributed by atoms with Gasteiger partial charge in [-0.2, -0.15) is 0 Å². The van der Waals surface area contributed by atoms with Gasteiger partial charge >= 0.3 is 11.9 Å². The number of thiophene rings is 1. The Morgan fingerprint density at radius 2 is 1.87 bits per heavy atom. The lowest BCUT2D eigenvalue weighted by Gasteiger charge is -2.11. The fourth-order valence-corrected chi connectivity index (χ4v) is 4.54. The van der Waals surface area contributed by atoms with Crippen LogP contribution >= 0.6 is 11.3 Å². The molecule has 1 aromatic heterocycles. The standard InChI is InChI=1S/C21H23NO7S/c1-4-28-21(25)18-14-6-5-7-16(14)30-19(18)22-17(23)11-29-20(24)13-9-8-12(26-2)10-15(13)27-3/h8-10H,4-7,11H2,1-3H3,(H,22,23). The number of esters is 2. The summed E-state index contributed by atoms with van der Waals surface area (Å²) in [6.07, 6.45) is 2.62. The van der Waals surface area contributed by atoms with Gasteiger partial charge < -0.3 is 24.3 Å². The van der Waals surface area contributed by atoms with Gasteiger partial charge in [0.2, 0.25) is 0 Å². The molecule has 0 radical (unpaired) electrons. The molecule has 1 heterocycles. The van der Waals surface area contributed by atoms with E-state index < -0.39 is 24.5 Å². The SMILES string of the molecule is CCOC(=O)c1c(NC(=O)COC(=O)c2ccc(OC)cc2OC)sc2c1CCC2. The maximum Gasteiger partial charge on any atom is 0.342 e. The van der Waals surface area contributed by atoms with Crippen molar-refractivity contribution in [1.29, 1.82) is 0 Å². The molecule has 1 N–H and O–H groups in total. The smallest absolute Gasteiger partial charge is 0.342 e. The number of nitrogens with one attached hydrogen (secondary N) is 1. The predicted molar refractivity (Wildman–Crippen MR) is 111 cm³/mol. The molecule has 0 atom stereocenters. The summed E-state index contributed by atoms with van der Waals surface area (Å²) in [5.74, 6) is -0.894. The molecule has 3 rings (SSSR count). The van der Waals surface area contributed by atoms with E-state index in [1.54, 1.807) is 19.1 Å². The van der Waals surface area contributed by atoms with Crippen molar-refractivity contribution in [2.45, 2.75) is 26.2 Å². The third-order valence-electron chi connectivity index (χ3n) is 4.62. The molecule has 0 saturated heterocycles. The molecule has 8 nitrogen and oxygen atoms in total. The lowest BCUT2D eigenvalue weighted by molar-refractivity contribution is -0.119. The molecule has 0 spiro atoms. The van der Waals surface area contributed by atoms with Crippen LogP contribution in [0, 0.1) is 0 Å². The summed E-state index contributed by atoms with van der Waals surface area (Å²) in [5.41, 5.74) is 1.52.